The Hall–Kier alpha value is -1.24. The summed E-state index contributed by atoms with van der Waals surface area (Å²) in [4.78, 5) is 17.5. The van der Waals surface area contributed by atoms with Crippen molar-refractivity contribution in [1.29, 1.82) is 0 Å². The van der Waals surface area contributed by atoms with E-state index in [2.05, 4.69) is 33.4 Å². The minimum absolute atomic E-state index is 0.0203. The van der Waals surface area contributed by atoms with Crippen molar-refractivity contribution in [3.63, 3.8) is 0 Å². The zero-order valence-corrected chi connectivity index (χ0v) is 14.6. The van der Waals surface area contributed by atoms with E-state index in [1.165, 1.54) is 4.90 Å². The summed E-state index contributed by atoms with van der Waals surface area (Å²) < 4.78 is 1.06. The van der Waals surface area contributed by atoms with Crippen molar-refractivity contribution in [1.82, 2.24) is 4.98 Å². The number of nitrogens with one attached hydrogen (secondary N) is 1. The summed E-state index contributed by atoms with van der Waals surface area (Å²) in [6.07, 6.45) is 1.99. The number of halogens is 1. The maximum Gasteiger partial charge on any atom is 0.226 e. The van der Waals surface area contributed by atoms with E-state index in [0.29, 0.717) is 0 Å². The predicted octanol–water partition coefficient (Wildman–Crippen LogP) is 1.85. The maximum absolute atomic E-state index is 11.4. The molecule has 1 aromatic carbocycles. The third-order valence-corrected chi connectivity index (χ3v) is 5.51. The fourth-order valence-electron chi connectivity index (χ4n) is 2.95. The molecule has 0 aliphatic carbocycles. The number of primary amides is 1. The van der Waals surface area contributed by atoms with E-state index >= 15 is 0 Å². The monoisotopic (exact) mass is 380 g/mol. The Kier molecular flexibility index (Phi) is 4.90. The van der Waals surface area contributed by atoms with Gasteiger partial charge in [0.25, 0.3) is 0 Å². The van der Waals surface area contributed by atoms with Gasteiger partial charge in [0.05, 0.1) is 19.0 Å². The normalized spacial score (nSPS) is 21.7. The molecule has 1 saturated heterocycles. The fraction of sp³-hybridized carbons (Fsp3) is 0.375. The number of aromatic nitrogens is 1. The Bertz CT molecular complexity index is 673. The standard InChI is InChI=1S/C16H18BrN3OS/c17-13-5-1-3-11(7-13)16-19-14(10-22-16)9-20-6-2-4-12(8-20)15(18)21/h1,3,5,7,10,12H,2,4,6,8-9H2,(H2,18,21)/p+1/t12-/m1/s1. The van der Waals surface area contributed by atoms with E-state index in [1.807, 2.05) is 12.1 Å². The van der Waals surface area contributed by atoms with Crippen LogP contribution in [0.4, 0.5) is 0 Å². The topological polar surface area (TPSA) is 60.4 Å². The van der Waals surface area contributed by atoms with Gasteiger partial charge in [0.15, 0.2) is 0 Å². The Morgan fingerprint density at radius 1 is 1.50 bits per heavy atom. The molecule has 4 nitrogen and oxygen atoms in total. The number of nitrogens with zero attached hydrogens (tertiary/aromatic N) is 1. The van der Waals surface area contributed by atoms with Crippen LogP contribution in [-0.4, -0.2) is 24.0 Å². The van der Waals surface area contributed by atoms with E-state index in [1.54, 1.807) is 11.3 Å². The van der Waals surface area contributed by atoms with Crippen molar-refractivity contribution in [3.05, 3.63) is 39.8 Å². The zero-order chi connectivity index (χ0) is 15.5. The summed E-state index contributed by atoms with van der Waals surface area (Å²) in [6, 6.07) is 8.19. The lowest BCUT2D eigenvalue weighted by Gasteiger charge is -2.27. The summed E-state index contributed by atoms with van der Waals surface area (Å²) in [5.74, 6) is -0.141. The number of carbonyl (C=O) groups is 1. The third-order valence-electron chi connectivity index (χ3n) is 4.07. The Labute approximate surface area is 142 Å². The minimum atomic E-state index is -0.162. The van der Waals surface area contributed by atoms with Gasteiger partial charge in [-0.2, -0.15) is 0 Å². The Morgan fingerprint density at radius 3 is 3.14 bits per heavy atom. The van der Waals surface area contributed by atoms with Crippen LogP contribution in [0.15, 0.2) is 34.1 Å². The van der Waals surface area contributed by atoms with Crippen LogP contribution in [0.2, 0.25) is 0 Å². The number of benzene rings is 1. The molecule has 2 heterocycles. The largest absolute Gasteiger partial charge is 0.369 e. The molecular weight excluding hydrogens is 362 g/mol. The molecule has 1 aliphatic rings. The summed E-state index contributed by atoms with van der Waals surface area (Å²) in [6.45, 7) is 2.79. The van der Waals surface area contributed by atoms with Crippen molar-refractivity contribution in [3.8, 4) is 10.6 Å². The van der Waals surface area contributed by atoms with Crippen LogP contribution in [0, 0.1) is 5.92 Å². The van der Waals surface area contributed by atoms with Gasteiger partial charge in [-0.25, -0.2) is 4.98 Å². The summed E-state index contributed by atoms with van der Waals surface area (Å²) in [7, 11) is 0. The molecular formula is C16H19BrN3OS+. The van der Waals surface area contributed by atoms with Gasteiger partial charge in [-0.05, 0) is 25.0 Å². The SMILES string of the molecule is NC(=O)[C@@H]1CCC[NH+](Cc2csc(-c3cccc(Br)c3)n2)C1. The molecule has 1 unspecified atom stereocenters. The van der Waals surface area contributed by atoms with Gasteiger partial charge in [0, 0.05) is 15.4 Å². The molecule has 0 saturated carbocycles. The number of amides is 1. The van der Waals surface area contributed by atoms with Crippen LogP contribution in [-0.2, 0) is 11.3 Å². The second kappa shape index (κ2) is 6.89. The molecule has 1 aliphatic heterocycles. The number of quaternary nitrogens is 1. The highest BCUT2D eigenvalue weighted by Crippen LogP contribution is 2.26. The first kappa shape index (κ1) is 15.6. The average Bonchev–Trinajstić information content (AvgIpc) is 2.96. The smallest absolute Gasteiger partial charge is 0.226 e. The number of nitrogens with two attached hydrogens (primary N) is 1. The van der Waals surface area contributed by atoms with E-state index < -0.39 is 0 Å². The van der Waals surface area contributed by atoms with Crippen LogP contribution in [0.25, 0.3) is 10.6 Å². The predicted molar refractivity (Wildman–Crippen MR) is 91.6 cm³/mol. The first-order valence-corrected chi connectivity index (χ1v) is 9.12. The lowest BCUT2D eigenvalue weighted by molar-refractivity contribution is -0.921. The van der Waals surface area contributed by atoms with Crippen LogP contribution in [0.3, 0.4) is 0 Å². The van der Waals surface area contributed by atoms with Crippen molar-refractivity contribution < 1.29 is 9.69 Å². The zero-order valence-electron chi connectivity index (χ0n) is 12.2. The van der Waals surface area contributed by atoms with Crippen molar-refractivity contribution in [2.24, 2.45) is 11.7 Å². The quantitative estimate of drug-likeness (QED) is 0.849. The number of piperidine rings is 1. The van der Waals surface area contributed by atoms with Gasteiger partial charge in [-0.3, -0.25) is 4.79 Å². The summed E-state index contributed by atoms with van der Waals surface area (Å²) in [5, 5.41) is 3.16. The molecule has 22 heavy (non-hydrogen) atoms. The lowest BCUT2D eigenvalue weighted by atomic mass is 9.97. The number of thiazole rings is 1. The molecule has 2 aromatic rings. The molecule has 116 valence electrons. The number of carbonyl (C=O) groups excluding carboxylic acids is 1. The molecule has 0 spiro atoms. The number of rotatable bonds is 4. The molecule has 0 bridgehead atoms. The maximum atomic E-state index is 11.4. The first-order valence-electron chi connectivity index (χ1n) is 7.45. The Balaban J connectivity index is 1.68. The summed E-state index contributed by atoms with van der Waals surface area (Å²) >= 11 is 5.17. The molecule has 1 amide bonds. The molecule has 2 atom stereocenters. The first-order chi connectivity index (χ1) is 10.6. The highest BCUT2D eigenvalue weighted by molar-refractivity contribution is 9.10. The molecule has 1 aromatic heterocycles. The molecule has 1 fully saturated rings. The van der Waals surface area contributed by atoms with E-state index in [9.17, 15) is 4.79 Å². The van der Waals surface area contributed by atoms with Gasteiger partial charge >= 0.3 is 0 Å². The van der Waals surface area contributed by atoms with Crippen molar-refractivity contribution in [2.45, 2.75) is 19.4 Å². The van der Waals surface area contributed by atoms with Gasteiger partial charge in [0.2, 0.25) is 5.91 Å². The van der Waals surface area contributed by atoms with E-state index in [-0.39, 0.29) is 11.8 Å². The van der Waals surface area contributed by atoms with Crippen LogP contribution in [0.5, 0.6) is 0 Å². The number of likely N-dealkylation sites (tertiary alicyclic amines) is 1. The lowest BCUT2D eigenvalue weighted by Crippen LogP contribution is -3.12. The number of hydrogen-bond acceptors (Lipinski definition) is 3. The van der Waals surface area contributed by atoms with Crippen molar-refractivity contribution in [2.75, 3.05) is 13.1 Å². The minimum Gasteiger partial charge on any atom is -0.369 e. The average molecular weight is 381 g/mol. The van der Waals surface area contributed by atoms with Gasteiger partial charge in [-0.1, -0.05) is 28.1 Å². The highest BCUT2D eigenvalue weighted by Gasteiger charge is 2.27. The van der Waals surface area contributed by atoms with Crippen LogP contribution < -0.4 is 10.6 Å². The third kappa shape index (κ3) is 3.74. The van der Waals surface area contributed by atoms with Crippen LogP contribution in [0.1, 0.15) is 18.5 Å². The van der Waals surface area contributed by atoms with E-state index in [4.69, 9.17) is 10.7 Å². The summed E-state index contributed by atoms with van der Waals surface area (Å²) in [5.41, 5.74) is 7.68. The van der Waals surface area contributed by atoms with Gasteiger partial charge in [0.1, 0.15) is 17.2 Å². The number of hydrogen-bond donors (Lipinski definition) is 2. The highest BCUT2D eigenvalue weighted by atomic mass is 79.9. The second-order valence-corrected chi connectivity index (χ2v) is 7.55. The van der Waals surface area contributed by atoms with Gasteiger partial charge in [-0.15, -0.1) is 11.3 Å². The fourth-order valence-corrected chi connectivity index (χ4v) is 4.17. The molecule has 6 heteroatoms. The van der Waals surface area contributed by atoms with Crippen molar-refractivity contribution >= 4 is 33.2 Å². The molecule has 3 rings (SSSR count). The van der Waals surface area contributed by atoms with E-state index in [0.717, 1.165) is 53.2 Å². The van der Waals surface area contributed by atoms with Crippen LogP contribution >= 0.6 is 27.3 Å². The molecule has 3 N–H and O–H groups in total. The molecule has 0 radical (unpaired) electrons. The Morgan fingerprint density at radius 2 is 2.36 bits per heavy atom. The van der Waals surface area contributed by atoms with Gasteiger partial charge < -0.3 is 10.6 Å². The second-order valence-electron chi connectivity index (χ2n) is 5.78.